The molecule has 2 N–H and O–H groups in total. The molecule has 0 spiro atoms. The van der Waals surface area contributed by atoms with Crippen molar-refractivity contribution < 1.29 is 27.2 Å². The van der Waals surface area contributed by atoms with Gasteiger partial charge in [0.15, 0.2) is 5.76 Å². The molecule has 1 heterocycles. The van der Waals surface area contributed by atoms with E-state index < -0.39 is 29.6 Å². The molecule has 1 atom stereocenters. The average molecular weight is 402 g/mol. The molecule has 0 radical (unpaired) electrons. The Labute approximate surface area is 164 Å². The molecule has 0 bridgehead atoms. The lowest BCUT2D eigenvalue weighted by Gasteiger charge is -2.20. The fourth-order valence-corrected chi connectivity index (χ4v) is 2.76. The quantitative estimate of drug-likeness (QED) is 0.647. The Morgan fingerprint density at radius 2 is 1.62 bits per heavy atom. The van der Waals surface area contributed by atoms with Gasteiger partial charge in [0.1, 0.15) is 6.04 Å². The van der Waals surface area contributed by atoms with Gasteiger partial charge in [-0.15, -0.1) is 0 Å². The molecular weight excluding hydrogens is 385 g/mol. The van der Waals surface area contributed by atoms with Crippen LogP contribution in [0.3, 0.4) is 0 Å². The van der Waals surface area contributed by atoms with Crippen molar-refractivity contribution in [2.45, 2.75) is 18.6 Å². The van der Waals surface area contributed by atoms with Crippen LogP contribution in [0.4, 0.5) is 18.9 Å². The smallest absolute Gasteiger partial charge is 0.418 e. The van der Waals surface area contributed by atoms with Gasteiger partial charge in [-0.05, 0) is 29.8 Å². The van der Waals surface area contributed by atoms with Crippen LogP contribution < -0.4 is 10.6 Å². The van der Waals surface area contributed by atoms with E-state index in [9.17, 15) is 22.8 Å². The number of rotatable bonds is 6. The van der Waals surface area contributed by atoms with E-state index in [0.717, 1.165) is 17.7 Å². The molecule has 8 heteroatoms. The molecule has 0 saturated heterocycles. The normalized spacial score (nSPS) is 12.2. The maximum Gasteiger partial charge on any atom is 0.418 e. The highest BCUT2D eigenvalue weighted by Gasteiger charge is 2.34. The third kappa shape index (κ3) is 5.25. The molecule has 150 valence electrons. The Hall–Kier alpha value is -3.55. The van der Waals surface area contributed by atoms with Crippen molar-refractivity contribution in [2.75, 3.05) is 5.32 Å². The highest BCUT2D eigenvalue weighted by atomic mass is 19.4. The maximum absolute atomic E-state index is 13.2. The Morgan fingerprint density at radius 1 is 0.931 bits per heavy atom. The predicted molar refractivity (Wildman–Crippen MR) is 100 cm³/mol. The van der Waals surface area contributed by atoms with Crippen molar-refractivity contribution in [1.82, 2.24) is 5.32 Å². The van der Waals surface area contributed by atoms with Crippen LogP contribution in [-0.2, 0) is 17.4 Å². The summed E-state index contributed by atoms with van der Waals surface area (Å²) in [5.74, 6) is -1.42. The number of halogens is 3. The number of hydrogen-bond donors (Lipinski definition) is 2. The van der Waals surface area contributed by atoms with Crippen LogP contribution in [0.2, 0.25) is 0 Å². The average Bonchev–Trinajstić information content (AvgIpc) is 3.23. The summed E-state index contributed by atoms with van der Waals surface area (Å²) in [4.78, 5) is 25.1. The van der Waals surface area contributed by atoms with Crippen molar-refractivity contribution in [3.63, 3.8) is 0 Å². The van der Waals surface area contributed by atoms with E-state index in [1.54, 1.807) is 30.3 Å². The van der Waals surface area contributed by atoms with Gasteiger partial charge in [-0.1, -0.05) is 42.5 Å². The van der Waals surface area contributed by atoms with E-state index in [1.807, 2.05) is 0 Å². The largest absolute Gasteiger partial charge is 0.459 e. The molecule has 1 aromatic heterocycles. The minimum absolute atomic E-state index is 0.00782. The molecule has 29 heavy (non-hydrogen) atoms. The zero-order valence-electron chi connectivity index (χ0n) is 15.1. The van der Waals surface area contributed by atoms with Gasteiger partial charge in [0.25, 0.3) is 5.91 Å². The van der Waals surface area contributed by atoms with Crippen molar-refractivity contribution in [3.05, 3.63) is 89.9 Å². The lowest BCUT2D eigenvalue weighted by atomic mass is 10.0. The Kier molecular flexibility index (Phi) is 6.01. The Morgan fingerprint density at radius 3 is 2.28 bits per heavy atom. The van der Waals surface area contributed by atoms with Gasteiger partial charge < -0.3 is 15.1 Å². The molecule has 0 aliphatic rings. The van der Waals surface area contributed by atoms with E-state index in [1.165, 1.54) is 30.5 Å². The number of para-hydroxylation sites is 1. The first-order chi connectivity index (χ1) is 13.8. The van der Waals surface area contributed by atoms with Gasteiger partial charge >= 0.3 is 6.18 Å². The first-order valence-electron chi connectivity index (χ1n) is 8.70. The molecule has 2 amide bonds. The monoisotopic (exact) mass is 402 g/mol. The molecule has 2 aromatic carbocycles. The van der Waals surface area contributed by atoms with E-state index in [-0.39, 0.29) is 17.9 Å². The number of alkyl halides is 3. The van der Waals surface area contributed by atoms with E-state index >= 15 is 0 Å². The standard InChI is InChI=1S/C21H17F3N2O3/c22-21(23,24)15-9-4-5-10-16(15)25-19(27)17(13-14-7-2-1-3-8-14)26-20(28)18-11-6-12-29-18/h1-12,17H,13H2,(H,25,27)(H,26,28)/t17-/m0/s1. The highest BCUT2D eigenvalue weighted by Crippen LogP contribution is 2.34. The third-order valence-corrected chi connectivity index (χ3v) is 4.14. The van der Waals surface area contributed by atoms with Gasteiger partial charge in [-0.2, -0.15) is 13.2 Å². The first-order valence-corrected chi connectivity index (χ1v) is 8.70. The summed E-state index contributed by atoms with van der Waals surface area (Å²) in [6.45, 7) is 0. The number of carbonyl (C=O) groups excluding carboxylic acids is 2. The minimum Gasteiger partial charge on any atom is -0.459 e. The second kappa shape index (κ2) is 8.64. The van der Waals surface area contributed by atoms with Crippen LogP contribution in [0, 0.1) is 0 Å². The van der Waals surface area contributed by atoms with Crippen LogP contribution in [0.1, 0.15) is 21.7 Å². The molecule has 3 aromatic rings. The van der Waals surface area contributed by atoms with Crippen LogP contribution in [-0.4, -0.2) is 17.9 Å². The number of furan rings is 1. The Balaban J connectivity index is 1.83. The van der Waals surface area contributed by atoms with Crippen molar-refractivity contribution >= 4 is 17.5 Å². The summed E-state index contributed by atoms with van der Waals surface area (Å²) in [5, 5.41) is 4.80. The third-order valence-electron chi connectivity index (χ3n) is 4.14. The van der Waals surface area contributed by atoms with E-state index in [0.29, 0.717) is 0 Å². The molecule has 0 aliphatic carbocycles. The summed E-state index contributed by atoms with van der Waals surface area (Å²) in [6, 6.07) is 15.3. The van der Waals surface area contributed by atoms with Gasteiger partial charge in [0.2, 0.25) is 5.91 Å². The summed E-state index contributed by atoms with van der Waals surface area (Å²) < 4.78 is 44.6. The van der Waals surface area contributed by atoms with Crippen LogP contribution in [0.5, 0.6) is 0 Å². The fraction of sp³-hybridized carbons (Fsp3) is 0.143. The second-order valence-electron chi connectivity index (χ2n) is 6.23. The number of benzene rings is 2. The molecular formula is C21H17F3N2O3. The van der Waals surface area contributed by atoms with Crippen LogP contribution in [0.15, 0.2) is 77.4 Å². The van der Waals surface area contributed by atoms with E-state index in [4.69, 9.17) is 4.42 Å². The van der Waals surface area contributed by atoms with Crippen molar-refractivity contribution in [1.29, 1.82) is 0 Å². The Bertz CT molecular complexity index is 970. The summed E-state index contributed by atoms with van der Waals surface area (Å²) >= 11 is 0. The summed E-state index contributed by atoms with van der Waals surface area (Å²) in [6.07, 6.45) is -3.23. The van der Waals surface area contributed by atoms with Crippen molar-refractivity contribution in [2.24, 2.45) is 0 Å². The number of anilines is 1. The first kappa shape index (κ1) is 20.2. The zero-order valence-corrected chi connectivity index (χ0v) is 15.1. The number of nitrogens with one attached hydrogen (secondary N) is 2. The van der Waals surface area contributed by atoms with E-state index in [2.05, 4.69) is 10.6 Å². The fourth-order valence-electron chi connectivity index (χ4n) is 2.76. The lowest BCUT2D eigenvalue weighted by Crippen LogP contribution is -2.45. The highest BCUT2D eigenvalue weighted by molar-refractivity contribution is 6.00. The lowest BCUT2D eigenvalue weighted by molar-refractivity contribution is -0.137. The number of hydrogen-bond acceptors (Lipinski definition) is 3. The van der Waals surface area contributed by atoms with Crippen LogP contribution >= 0.6 is 0 Å². The summed E-state index contributed by atoms with van der Waals surface area (Å²) in [5.41, 5.74) is -0.615. The molecule has 0 saturated carbocycles. The maximum atomic E-state index is 13.2. The minimum atomic E-state index is -4.63. The predicted octanol–water partition coefficient (Wildman–Crippen LogP) is 4.28. The number of carbonyl (C=O) groups is 2. The van der Waals surface area contributed by atoms with Gasteiger partial charge in [-0.3, -0.25) is 9.59 Å². The molecule has 5 nitrogen and oxygen atoms in total. The van der Waals surface area contributed by atoms with Gasteiger partial charge in [-0.25, -0.2) is 0 Å². The SMILES string of the molecule is O=C(N[C@@H](Cc1ccccc1)C(=O)Nc1ccccc1C(F)(F)F)c1ccco1. The summed E-state index contributed by atoms with van der Waals surface area (Å²) in [7, 11) is 0. The second-order valence-corrected chi connectivity index (χ2v) is 6.23. The number of amides is 2. The molecule has 0 fully saturated rings. The molecule has 3 rings (SSSR count). The van der Waals surface area contributed by atoms with Crippen molar-refractivity contribution in [3.8, 4) is 0 Å². The molecule has 0 unspecified atom stereocenters. The zero-order chi connectivity index (χ0) is 20.9. The molecule has 0 aliphatic heterocycles. The van der Waals surface area contributed by atoms with Gasteiger partial charge in [0.05, 0.1) is 17.5 Å². The van der Waals surface area contributed by atoms with Gasteiger partial charge in [0, 0.05) is 6.42 Å². The van der Waals surface area contributed by atoms with Crippen LogP contribution in [0.25, 0.3) is 0 Å². The topological polar surface area (TPSA) is 71.3 Å².